The summed E-state index contributed by atoms with van der Waals surface area (Å²) in [6.45, 7) is 3.04. The van der Waals surface area contributed by atoms with E-state index >= 15 is 0 Å². The van der Waals surface area contributed by atoms with Crippen LogP contribution < -0.4 is 10.7 Å². The minimum Gasteiger partial charge on any atom is -0.320 e. The van der Waals surface area contributed by atoms with Gasteiger partial charge in [0.15, 0.2) is 5.69 Å². The van der Waals surface area contributed by atoms with E-state index < -0.39 is 21.4 Å². The zero-order valence-electron chi connectivity index (χ0n) is 17.9. The molecule has 2 heterocycles. The van der Waals surface area contributed by atoms with Crippen molar-refractivity contribution in [3.63, 3.8) is 0 Å². The third-order valence-corrected chi connectivity index (χ3v) is 7.58. The number of anilines is 1. The first-order chi connectivity index (χ1) is 15.7. The number of carbonyl (C=O) groups excluding carboxylic acids is 1. The number of hydrogen-bond acceptors (Lipinski definition) is 5. The Hall–Kier alpha value is -3.01. The molecule has 1 amide bonds. The van der Waals surface area contributed by atoms with Gasteiger partial charge in [0.2, 0.25) is 15.5 Å². The largest absolute Gasteiger partial charge is 0.320 e. The van der Waals surface area contributed by atoms with E-state index in [4.69, 9.17) is 11.6 Å². The Morgan fingerprint density at radius 2 is 1.91 bits per heavy atom. The van der Waals surface area contributed by atoms with Gasteiger partial charge in [-0.1, -0.05) is 24.6 Å². The first-order valence-electron chi connectivity index (χ1n) is 10.5. The second-order valence-corrected chi connectivity index (χ2v) is 10.4. The summed E-state index contributed by atoms with van der Waals surface area (Å²) in [5.41, 5.74) is 0.115. The van der Waals surface area contributed by atoms with Gasteiger partial charge in [0.25, 0.3) is 5.91 Å². The molecule has 1 atom stereocenters. The summed E-state index contributed by atoms with van der Waals surface area (Å²) in [4.78, 5) is 25.1. The lowest BCUT2D eigenvalue weighted by atomic mass is 10.0. The van der Waals surface area contributed by atoms with Crippen LogP contribution in [-0.4, -0.2) is 41.5 Å². The highest BCUT2D eigenvalue weighted by Gasteiger charge is 2.28. The van der Waals surface area contributed by atoms with Gasteiger partial charge in [-0.25, -0.2) is 13.1 Å². The highest BCUT2D eigenvalue weighted by molar-refractivity contribution is 7.89. The molecule has 33 heavy (non-hydrogen) atoms. The van der Waals surface area contributed by atoms with Gasteiger partial charge in [-0.2, -0.15) is 9.40 Å². The Balaban J connectivity index is 1.52. The van der Waals surface area contributed by atoms with Crippen molar-refractivity contribution in [2.45, 2.75) is 24.7 Å². The number of carbonyl (C=O) groups is 1. The Morgan fingerprint density at radius 1 is 1.15 bits per heavy atom. The summed E-state index contributed by atoms with van der Waals surface area (Å²) < 4.78 is 28.7. The predicted molar refractivity (Wildman–Crippen MR) is 126 cm³/mol. The molecule has 0 bridgehead atoms. The fourth-order valence-corrected chi connectivity index (χ4v) is 5.52. The van der Waals surface area contributed by atoms with Crippen LogP contribution in [0.3, 0.4) is 0 Å². The van der Waals surface area contributed by atoms with Crippen molar-refractivity contribution < 1.29 is 13.2 Å². The number of amides is 1. The molecule has 1 N–H and O–H groups in total. The molecule has 4 rings (SSSR count). The number of rotatable bonds is 5. The van der Waals surface area contributed by atoms with Gasteiger partial charge in [-0.05, 0) is 61.2 Å². The van der Waals surface area contributed by atoms with Crippen LogP contribution in [-0.2, 0) is 10.0 Å². The number of nitrogens with zero attached hydrogens (tertiary/aromatic N) is 3. The molecule has 172 valence electrons. The lowest BCUT2D eigenvalue weighted by Crippen LogP contribution is -2.39. The summed E-state index contributed by atoms with van der Waals surface area (Å²) in [6, 6.07) is 14.0. The zero-order valence-corrected chi connectivity index (χ0v) is 19.5. The first kappa shape index (κ1) is 23.2. The molecule has 10 heteroatoms. The quantitative estimate of drug-likeness (QED) is 0.594. The van der Waals surface area contributed by atoms with E-state index in [2.05, 4.69) is 10.4 Å². The molecular formula is C23H23ClN4O4S. The molecule has 0 aliphatic carbocycles. The summed E-state index contributed by atoms with van der Waals surface area (Å²) in [5, 5.41) is 7.23. The molecule has 0 spiro atoms. The van der Waals surface area contributed by atoms with Crippen molar-refractivity contribution in [2.24, 2.45) is 5.92 Å². The van der Waals surface area contributed by atoms with Crippen LogP contribution in [0.4, 0.5) is 5.69 Å². The highest BCUT2D eigenvalue weighted by atomic mass is 35.5. The Labute approximate surface area is 196 Å². The van der Waals surface area contributed by atoms with E-state index in [1.165, 1.54) is 45.5 Å². The second-order valence-electron chi connectivity index (χ2n) is 8.04. The summed E-state index contributed by atoms with van der Waals surface area (Å²) in [7, 11) is -3.59. The zero-order chi connectivity index (χ0) is 23.6. The molecular weight excluding hydrogens is 464 g/mol. The average molecular weight is 487 g/mol. The molecule has 2 aromatic carbocycles. The summed E-state index contributed by atoms with van der Waals surface area (Å²) in [5.74, 6) is -0.377. The van der Waals surface area contributed by atoms with Crippen LogP contribution in [0.25, 0.3) is 5.69 Å². The first-order valence-corrected chi connectivity index (χ1v) is 12.3. The Kier molecular flexibility index (Phi) is 6.64. The summed E-state index contributed by atoms with van der Waals surface area (Å²) >= 11 is 6.01. The predicted octanol–water partition coefficient (Wildman–Crippen LogP) is 3.56. The van der Waals surface area contributed by atoms with Crippen LogP contribution in [0, 0.1) is 5.92 Å². The number of nitrogens with one attached hydrogen (secondary N) is 1. The molecule has 0 saturated carbocycles. The van der Waals surface area contributed by atoms with Gasteiger partial charge in [0.05, 0.1) is 10.6 Å². The molecule has 1 fully saturated rings. The lowest BCUT2D eigenvalue weighted by molar-refractivity contribution is 0.101. The number of aromatic nitrogens is 2. The average Bonchev–Trinajstić information content (AvgIpc) is 2.79. The van der Waals surface area contributed by atoms with E-state index in [0.717, 1.165) is 12.8 Å². The molecule has 1 saturated heterocycles. The Bertz CT molecular complexity index is 1340. The molecule has 1 aliphatic rings. The topological polar surface area (TPSA) is 101 Å². The monoisotopic (exact) mass is 486 g/mol. The van der Waals surface area contributed by atoms with Gasteiger partial charge in [-0.15, -0.1) is 0 Å². The molecule has 0 radical (unpaired) electrons. The van der Waals surface area contributed by atoms with Crippen molar-refractivity contribution in [1.29, 1.82) is 0 Å². The third-order valence-electron chi connectivity index (χ3n) is 5.47. The lowest BCUT2D eigenvalue weighted by Gasteiger charge is -2.30. The minimum absolute atomic E-state index is 0.163. The SMILES string of the molecule is C[C@H]1CCCN(S(=O)(=O)c2ccc(NC(=O)c3nn(-c4cccc(Cl)c4)ccc3=O)cc2)C1. The van der Waals surface area contributed by atoms with Crippen LogP contribution in [0.1, 0.15) is 30.3 Å². The molecule has 0 unspecified atom stereocenters. The number of benzene rings is 2. The van der Waals surface area contributed by atoms with E-state index in [1.54, 1.807) is 24.3 Å². The fraction of sp³-hybridized carbons (Fsp3) is 0.261. The van der Waals surface area contributed by atoms with Gasteiger partial charge in [0.1, 0.15) is 0 Å². The molecule has 1 aliphatic heterocycles. The Morgan fingerprint density at radius 3 is 2.61 bits per heavy atom. The number of piperidine rings is 1. The fourth-order valence-electron chi connectivity index (χ4n) is 3.74. The van der Waals surface area contributed by atoms with Crippen molar-refractivity contribution in [3.8, 4) is 5.69 Å². The number of halogens is 1. The third kappa shape index (κ3) is 5.16. The van der Waals surface area contributed by atoms with Gasteiger partial charge < -0.3 is 5.32 Å². The van der Waals surface area contributed by atoms with Crippen LogP contribution in [0.15, 0.2) is 70.5 Å². The van der Waals surface area contributed by atoms with Crippen molar-refractivity contribution >= 4 is 33.2 Å². The highest BCUT2D eigenvalue weighted by Crippen LogP contribution is 2.24. The van der Waals surface area contributed by atoms with Gasteiger partial charge in [-0.3, -0.25) is 9.59 Å². The van der Waals surface area contributed by atoms with Crippen molar-refractivity contribution in [2.75, 3.05) is 18.4 Å². The second kappa shape index (κ2) is 9.46. The number of sulfonamides is 1. The van der Waals surface area contributed by atoms with E-state index in [-0.39, 0.29) is 10.6 Å². The van der Waals surface area contributed by atoms with E-state index in [1.807, 2.05) is 6.92 Å². The van der Waals surface area contributed by atoms with Crippen LogP contribution in [0.2, 0.25) is 5.02 Å². The maximum atomic E-state index is 12.9. The van der Waals surface area contributed by atoms with E-state index in [9.17, 15) is 18.0 Å². The minimum atomic E-state index is -3.59. The molecule has 8 nitrogen and oxygen atoms in total. The standard InChI is InChI=1S/C23H23ClN4O4S/c1-16-4-3-12-27(15-16)33(31,32)20-9-7-18(8-10-20)25-23(30)22-21(29)11-13-28(26-22)19-6-2-5-17(24)14-19/h2,5-11,13-14,16H,3-4,12,15H2,1H3,(H,25,30)/t16-/m0/s1. The van der Waals surface area contributed by atoms with Crippen molar-refractivity contribution in [1.82, 2.24) is 14.1 Å². The van der Waals surface area contributed by atoms with Gasteiger partial charge in [0, 0.05) is 36.1 Å². The van der Waals surface area contributed by atoms with Crippen molar-refractivity contribution in [3.05, 3.63) is 81.7 Å². The van der Waals surface area contributed by atoms with E-state index in [0.29, 0.717) is 35.4 Å². The molecule has 3 aromatic rings. The van der Waals surface area contributed by atoms with Gasteiger partial charge >= 0.3 is 0 Å². The van der Waals surface area contributed by atoms with Crippen LogP contribution >= 0.6 is 11.6 Å². The maximum absolute atomic E-state index is 12.9. The number of hydrogen-bond donors (Lipinski definition) is 1. The normalized spacial score (nSPS) is 17.0. The maximum Gasteiger partial charge on any atom is 0.280 e. The summed E-state index contributed by atoms with van der Waals surface area (Å²) in [6.07, 6.45) is 3.31. The van der Waals surface area contributed by atoms with Crippen LogP contribution in [0.5, 0.6) is 0 Å². The molecule has 1 aromatic heterocycles. The smallest absolute Gasteiger partial charge is 0.280 e.